The van der Waals surface area contributed by atoms with Gasteiger partial charge in [0, 0.05) is 4.88 Å². The molecule has 0 unspecified atom stereocenters. The summed E-state index contributed by atoms with van der Waals surface area (Å²) in [5, 5.41) is 0.845. The number of aryl methyl sites for hydroxylation is 2. The van der Waals surface area contributed by atoms with E-state index in [0.717, 1.165) is 73.0 Å². The summed E-state index contributed by atoms with van der Waals surface area (Å²) in [6, 6.07) is 8.19. The molecule has 0 atom stereocenters. The van der Waals surface area contributed by atoms with Gasteiger partial charge < -0.3 is 19.5 Å². The first-order valence-corrected chi connectivity index (χ1v) is 10.8. The Kier molecular flexibility index (Phi) is 4.56. The molecule has 28 heavy (non-hydrogen) atoms. The molecule has 146 valence electrons. The molecule has 1 saturated heterocycles. The van der Waals surface area contributed by atoms with Crippen LogP contribution in [0.4, 0.5) is 5.69 Å². The standard InChI is InChI=1S/C21H24N4O2S/c1-27-16-7-3-2-6-15(16)25-11-9-24(10-12-25)13-18-22-20(26)19-14-5-4-8-17(14)28-21(19)23-18/h2-3,6-7H,4-5,8-13H2,1H3,(H,22,23,26)/p+1. The number of nitrogens with one attached hydrogen (secondary N) is 2. The van der Waals surface area contributed by atoms with Crippen molar-refractivity contribution in [3.8, 4) is 5.75 Å². The number of methoxy groups -OCH3 is 1. The Morgan fingerprint density at radius 1 is 1.25 bits per heavy atom. The molecule has 1 aromatic carbocycles. The number of benzene rings is 1. The van der Waals surface area contributed by atoms with E-state index >= 15 is 0 Å². The number of aromatic nitrogens is 2. The summed E-state index contributed by atoms with van der Waals surface area (Å²) in [5.74, 6) is 1.74. The molecule has 2 N–H and O–H groups in total. The van der Waals surface area contributed by atoms with Gasteiger partial charge in [-0.25, -0.2) is 4.98 Å². The maximum absolute atomic E-state index is 12.6. The zero-order valence-electron chi connectivity index (χ0n) is 16.1. The normalized spacial score (nSPS) is 17.2. The maximum Gasteiger partial charge on any atom is 0.260 e. The Hall–Kier alpha value is -2.38. The van der Waals surface area contributed by atoms with Crippen molar-refractivity contribution < 1.29 is 9.64 Å². The fourth-order valence-electron chi connectivity index (χ4n) is 4.50. The smallest absolute Gasteiger partial charge is 0.260 e. The minimum atomic E-state index is 0.0476. The fraction of sp³-hybridized carbons (Fsp3) is 0.429. The first kappa shape index (κ1) is 17.7. The highest BCUT2D eigenvalue weighted by Gasteiger charge is 2.25. The van der Waals surface area contributed by atoms with Crippen molar-refractivity contribution in [1.29, 1.82) is 0 Å². The van der Waals surface area contributed by atoms with Gasteiger partial charge in [-0.15, -0.1) is 11.3 Å². The Morgan fingerprint density at radius 2 is 2.07 bits per heavy atom. The van der Waals surface area contributed by atoms with Gasteiger partial charge >= 0.3 is 0 Å². The van der Waals surface area contributed by atoms with Crippen LogP contribution < -0.4 is 20.1 Å². The van der Waals surface area contributed by atoms with Crippen LogP contribution >= 0.6 is 11.3 Å². The Morgan fingerprint density at radius 3 is 2.89 bits per heavy atom. The number of quaternary nitrogens is 1. The largest absolute Gasteiger partial charge is 0.495 e. The van der Waals surface area contributed by atoms with Crippen molar-refractivity contribution in [3.63, 3.8) is 0 Å². The van der Waals surface area contributed by atoms with Crippen LogP contribution in [0.15, 0.2) is 29.1 Å². The van der Waals surface area contributed by atoms with Gasteiger partial charge in [-0.3, -0.25) is 4.79 Å². The quantitative estimate of drug-likeness (QED) is 0.698. The van der Waals surface area contributed by atoms with Gasteiger partial charge in [-0.1, -0.05) is 12.1 Å². The number of nitrogens with zero attached hydrogens (tertiary/aromatic N) is 2. The summed E-state index contributed by atoms with van der Waals surface area (Å²) in [7, 11) is 1.72. The van der Waals surface area contributed by atoms with Gasteiger partial charge in [0.2, 0.25) is 0 Å². The highest BCUT2D eigenvalue weighted by molar-refractivity contribution is 7.18. The Labute approximate surface area is 167 Å². The number of para-hydroxylation sites is 2. The van der Waals surface area contributed by atoms with Crippen LogP contribution in [0.3, 0.4) is 0 Å². The summed E-state index contributed by atoms with van der Waals surface area (Å²) >= 11 is 1.72. The molecule has 0 bridgehead atoms. The number of piperazine rings is 1. The van der Waals surface area contributed by atoms with Gasteiger partial charge in [0.25, 0.3) is 5.56 Å². The molecule has 3 aromatic rings. The van der Waals surface area contributed by atoms with Crippen molar-refractivity contribution in [1.82, 2.24) is 9.97 Å². The number of aromatic amines is 1. The van der Waals surface area contributed by atoms with E-state index in [-0.39, 0.29) is 5.56 Å². The lowest BCUT2D eigenvalue weighted by Crippen LogP contribution is -3.13. The van der Waals surface area contributed by atoms with E-state index in [1.165, 1.54) is 21.8 Å². The van der Waals surface area contributed by atoms with Crippen molar-refractivity contribution >= 4 is 27.2 Å². The van der Waals surface area contributed by atoms with Crippen LogP contribution in [0.5, 0.6) is 5.75 Å². The maximum atomic E-state index is 12.6. The third kappa shape index (κ3) is 3.08. The SMILES string of the molecule is COc1ccccc1N1CC[NH+](Cc2nc3sc4c(c3c(=O)[nH]2)CCC4)CC1. The lowest BCUT2D eigenvalue weighted by molar-refractivity contribution is -0.915. The molecule has 7 heteroatoms. The molecule has 5 rings (SSSR count). The van der Waals surface area contributed by atoms with Crippen molar-refractivity contribution in [3.05, 3.63) is 50.9 Å². The van der Waals surface area contributed by atoms with Gasteiger partial charge in [0.15, 0.2) is 5.82 Å². The zero-order valence-corrected chi connectivity index (χ0v) is 16.9. The molecule has 2 aliphatic rings. The second-order valence-electron chi connectivity index (χ2n) is 7.64. The summed E-state index contributed by atoms with van der Waals surface area (Å²) < 4.78 is 5.50. The topological polar surface area (TPSA) is 62.7 Å². The molecule has 0 spiro atoms. The summed E-state index contributed by atoms with van der Waals surface area (Å²) in [5.41, 5.74) is 2.45. The second kappa shape index (κ2) is 7.22. The average molecular weight is 398 g/mol. The van der Waals surface area contributed by atoms with Gasteiger partial charge in [-0.05, 0) is 37.0 Å². The van der Waals surface area contributed by atoms with Gasteiger partial charge in [0.1, 0.15) is 17.1 Å². The predicted molar refractivity (Wildman–Crippen MR) is 112 cm³/mol. The van der Waals surface area contributed by atoms with Crippen LogP contribution in [-0.2, 0) is 19.4 Å². The minimum Gasteiger partial charge on any atom is -0.495 e. The number of thiophene rings is 1. The molecule has 1 aliphatic carbocycles. The molecule has 0 amide bonds. The molecule has 1 fully saturated rings. The first-order valence-electron chi connectivity index (χ1n) is 9.98. The molecular formula is C21H25N4O2S+. The summed E-state index contributed by atoms with van der Waals surface area (Å²) in [6.07, 6.45) is 3.29. The molecule has 0 radical (unpaired) electrons. The Bertz CT molecular complexity index is 1070. The molecule has 6 nitrogen and oxygen atoms in total. The summed E-state index contributed by atoms with van der Waals surface area (Å²) in [6.45, 7) is 4.74. The third-order valence-corrected chi connectivity index (χ3v) is 7.12. The van der Waals surface area contributed by atoms with Crippen molar-refractivity contribution in [2.24, 2.45) is 0 Å². The van der Waals surface area contributed by atoms with E-state index < -0.39 is 0 Å². The van der Waals surface area contributed by atoms with Crippen LogP contribution in [0.2, 0.25) is 0 Å². The minimum absolute atomic E-state index is 0.0476. The number of fused-ring (bicyclic) bond motifs is 3. The van der Waals surface area contributed by atoms with Crippen LogP contribution in [0.1, 0.15) is 22.7 Å². The van der Waals surface area contributed by atoms with Crippen LogP contribution in [0, 0.1) is 0 Å². The molecular weight excluding hydrogens is 372 g/mol. The van der Waals surface area contributed by atoms with Crippen LogP contribution in [-0.4, -0.2) is 43.3 Å². The average Bonchev–Trinajstić information content (AvgIpc) is 3.29. The molecule has 0 saturated carbocycles. The number of hydrogen-bond donors (Lipinski definition) is 2. The van der Waals surface area contributed by atoms with E-state index in [9.17, 15) is 4.79 Å². The number of anilines is 1. The number of ether oxygens (including phenoxy) is 1. The second-order valence-corrected chi connectivity index (χ2v) is 8.72. The van der Waals surface area contributed by atoms with E-state index in [4.69, 9.17) is 9.72 Å². The van der Waals surface area contributed by atoms with Crippen molar-refractivity contribution in [2.75, 3.05) is 38.2 Å². The fourth-order valence-corrected chi connectivity index (χ4v) is 5.78. The lowest BCUT2D eigenvalue weighted by Gasteiger charge is -2.34. The molecule has 1 aliphatic heterocycles. The highest BCUT2D eigenvalue weighted by Crippen LogP contribution is 2.34. The van der Waals surface area contributed by atoms with Gasteiger partial charge in [0.05, 0.1) is 44.4 Å². The van der Waals surface area contributed by atoms with Gasteiger partial charge in [-0.2, -0.15) is 0 Å². The van der Waals surface area contributed by atoms with E-state index in [0.29, 0.717) is 0 Å². The zero-order chi connectivity index (χ0) is 19.1. The van der Waals surface area contributed by atoms with Crippen molar-refractivity contribution in [2.45, 2.75) is 25.8 Å². The number of hydrogen-bond acceptors (Lipinski definition) is 5. The van der Waals surface area contributed by atoms with E-state index in [1.54, 1.807) is 18.4 Å². The third-order valence-electron chi connectivity index (χ3n) is 5.94. The predicted octanol–water partition coefficient (Wildman–Crippen LogP) is 1.39. The lowest BCUT2D eigenvalue weighted by atomic mass is 10.2. The van der Waals surface area contributed by atoms with E-state index in [2.05, 4.69) is 22.0 Å². The van der Waals surface area contributed by atoms with E-state index in [1.807, 2.05) is 12.1 Å². The molecule has 2 aromatic heterocycles. The first-order chi connectivity index (χ1) is 13.7. The number of H-pyrrole nitrogens is 1. The summed E-state index contributed by atoms with van der Waals surface area (Å²) in [4.78, 5) is 26.6. The molecule has 3 heterocycles. The monoisotopic (exact) mass is 397 g/mol. The number of rotatable bonds is 4. The Balaban J connectivity index is 1.30. The highest BCUT2D eigenvalue weighted by atomic mass is 32.1. The van der Waals surface area contributed by atoms with Crippen LogP contribution in [0.25, 0.3) is 10.2 Å².